The molecular weight excluding hydrogens is 140 g/mol. The standard InChI is InChI=1S/C8H8N2O/c1-5-2-6(4-9)7(10)3-8(5)11/h2-3,11H,10H2,1H3. The van der Waals surface area contributed by atoms with E-state index < -0.39 is 0 Å². The number of phenolic OH excluding ortho intramolecular Hbond substituents is 1. The third kappa shape index (κ3) is 1.24. The van der Waals surface area contributed by atoms with Crippen LogP contribution in [0.15, 0.2) is 12.1 Å². The predicted octanol–water partition coefficient (Wildman–Crippen LogP) is 1.15. The highest BCUT2D eigenvalue weighted by Crippen LogP contribution is 2.22. The smallest absolute Gasteiger partial charge is 0.120 e. The molecule has 11 heavy (non-hydrogen) atoms. The van der Waals surface area contributed by atoms with E-state index >= 15 is 0 Å². The molecule has 0 saturated heterocycles. The van der Waals surface area contributed by atoms with E-state index in [1.54, 1.807) is 13.0 Å². The molecule has 0 heterocycles. The van der Waals surface area contributed by atoms with Gasteiger partial charge in [-0.25, -0.2) is 0 Å². The number of hydrogen-bond donors (Lipinski definition) is 2. The van der Waals surface area contributed by atoms with Crippen LogP contribution in [0.4, 0.5) is 5.69 Å². The Morgan fingerprint density at radius 3 is 2.73 bits per heavy atom. The number of benzene rings is 1. The monoisotopic (exact) mass is 148 g/mol. The third-order valence-corrected chi connectivity index (χ3v) is 1.49. The van der Waals surface area contributed by atoms with Gasteiger partial charge in [0.2, 0.25) is 0 Å². The van der Waals surface area contributed by atoms with E-state index in [0.717, 1.165) is 0 Å². The van der Waals surface area contributed by atoms with Gasteiger partial charge in [0.25, 0.3) is 0 Å². The molecule has 0 spiro atoms. The summed E-state index contributed by atoms with van der Waals surface area (Å²) in [5, 5.41) is 17.7. The van der Waals surface area contributed by atoms with Crippen LogP contribution in [0.3, 0.4) is 0 Å². The molecule has 0 aliphatic carbocycles. The molecule has 0 aliphatic rings. The average Bonchev–Trinajstić information content (AvgIpc) is 1.97. The first-order valence-corrected chi connectivity index (χ1v) is 3.14. The Labute approximate surface area is 64.7 Å². The van der Waals surface area contributed by atoms with Crippen LogP contribution >= 0.6 is 0 Å². The molecule has 3 N–H and O–H groups in total. The molecule has 3 nitrogen and oxygen atoms in total. The minimum atomic E-state index is 0.126. The molecule has 0 unspecified atom stereocenters. The largest absolute Gasteiger partial charge is 0.508 e. The molecule has 0 saturated carbocycles. The second-order valence-electron chi connectivity index (χ2n) is 2.34. The Morgan fingerprint density at radius 1 is 1.55 bits per heavy atom. The Balaban J connectivity index is 3.35. The minimum Gasteiger partial charge on any atom is -0.508 e. The normalized spacial score (nSPS) is 9.09. The van der Waals surface area contributed by atoms with Gasteiger partial charge in [-0.2, -0.15) is 5.26 Å². The van der Waals surface area contributed by atoms with Crippen molar-refractivity contribution in [3.05, 3.63) is 23.3 Å². The Bertz CT molecular complexity index is 326. The number of aromatic hydroxyl groups is 1. The zero-order chi connectivity index (χ0) is 8.43. The maximum atomic E-state index is 9.13. The molecule has 0 aliphatic heterocycles. The van der Waals surface area contributed by atoms with Crippen LogP contribution < -0.4 is 5.73 Å². The summed E-state index contributed by atoms with van der Waals surface area (Å²) in [7, 11) is 0. The van der Waals surface area contributed by atoms with Crippen molar-refractivity contribution >= 4 is 5.69 Å². The first-order valence-electron chi connectivity index (χ1n) is 3.14. The molecule has 0 fully saturated rings. The molecule has 1 aromatic carbocycles. The molecule has 0 amide bonds. The summed E-state index contributed by atoms with van der Waals surface area (Å²) in [6.45, 7) is 1.72. The summed E-state index contributed by atoms with van der Waals surface area (Å²) in [6.07, 6.45) is 0. The third-order valence-electron chi connectivity index (χ3n) is 1.49. The highest BCUT2D eigenvalue weighted by Gasteiger charge is 2.01. The maximum Gasteiger partial charge on any atom is 0.120 e. The highest BCUT2D eigenvalue weighted by atomic mass is 16.3. The number of rotatable bonds is 0. The average molecular weight is 148 g/mol. The molecule has 56 valence electrons. The number of hydrogen-bond acceptors (Lipinski definition) is 3. The van der Waals surface area contributed by atoms with Gasteiger partial charge in [0.1, 0.15) is 11.8 Å². The lowest BCUT2D eigenvalue weighted by Crippen LogP contribution is -1.90. The number of aryl methyl sites for hydroxylation is 1. The van der Waals surface area contributed by atoms with E-state index in [9.17, 15) is 0 Å². The van der Waals surface area contributed by atoms with E-state index in [4.69, 9.17) is 16.1 Å². The van der Waals surface area contributed by atoms with Crippen LogP contribution in [0.1, 0.15) is 11.1 Å². The van der Waals surface area contributed by atoms with Gasteiger partial charge in [-0.05, 0) is 18.6 Å². The van der Waals surface area contributed by atoms with Crippen molar-refractivity contribution in [2.75, 3.05) is 5.73 Å². The first-order chi connectivity index (χ1) is 5.15. The van der Waals surface area contributed by atoms with E-state index in [1.807, 2.05) is 6.07 Å². The van der Waals surface area contributed by atoms with E-state index in [1.165, 1.54) is 6.07 Å². The highest BCUT2D eigenvalue weighted by molar-refractivity contribution is 5.59. The summed E-state index contributed by atoms with van der Waals surface area (Å²) in [6, 6.07) is 4.87. The molecule has 0 bridgehead atoms. The molecular formula is C8H8N2O. The second kappa shape index (κ2) is 2.51. The lowest BCUT2D eigenvalue weighted by atomic mass is 10.1. The molecule has 0 aromatic heterocycles. The molecule has 1 rings (SSSR count). The first kappa shape index (κ1) is 7.42. The van der Waals surface area contributed by atoms with Gasteiger partial charge >= 0.3 is 0 Å². The zero-order valence-electron chi connectivity index (χ0n) is 6.13. The number of nitrogens with zero attached hydrogens (tertiary/aromatic N) is 1. The summed E-state index contributed by atoms with van der Waals surface area (Å²) in [4.78, 5) is 0. The van der Waals surface area contributed by atoms with Crippen molar-refractivity contribution < 1.29 is 5.11 Å². The number of phenols is 1. The Morgan fingerprint density at radius 2 is 2.18 bits per heavy atom. The summed E-state index contributed by atoms with van der Waals surface area (Å²) < 4.78 is 0. The Hall–Kier alpha value is -1.69. The second-order valence-corrected chi connectivity index (χ2v) is 2.34. The van der Waals surface area contributed by atoms with Gasteiger partial charge < -0.3 is 10.8 Å². The summed E-state index contributed by atoms with van der Waals surface area (Å²) in [5.41, 5.74) is 6.80. The van der Waals surface area contributed by atoms with Gasteiger partial charge in [0.05, 0.1) is 11.3 Å². The van der Waals surface area contributed by atoms with Crippen molar-refractivity contribution in [1.29, 1.82) is 5.26 Å². The van der Waals surface area contributed by atoms with Gasteiger partial charge in [0, 0.05) is 6.07 Å². The summed E-state index contributed by atoms with van der Waals surface area (Å²) in [5.74, 6) is 0.126. The molecule has 0 atom stereocenters. The number of nitrogen functional groups attached to an aromatic ring is 1. The zero-order valence-corrected chi connectivity index (χ0v) is 6.13. The topological polar surface area (TPSA) is 70.0 Å². The van der Waals surface area contributed by atoms with E-state index in [2.05, 4.69) is 0 Å². The van der Waals surface area contributed by atoms with Crippen molar-refractivity contribution in [2.24, 2.45) is 0 Å². The van der Waals surface area contributed by atoms with Crippen LogP contribution in [0.2, 0.25) is 0 Å². The van der Waals surface area contributed by atoms with Gasteiger partial charge in [-0.15, -0.1) is 0 Å². The fourth-order valence-electron chi connectivity index (χ4n) is 0.809. The van der Waals surface area contributed by atoms with Crippen molar-refractivity contribution in [3.8, 4) is 11.8 Å². The van der Waals surface area contributed by atoms with Crippen LogP contribution in [-0.4, -0.2) is 5.11 Å². The van der Waals surface area contributed by atoms with Crippen LogP contribution in [0.5, 0.6) is 5.75 Å². The van der Waals surface area contributed by atoms with E-state index in [0.29, 0.717) is 16.8 Å². The quantitative estimate of drug-likeness (QED) is 0.542. The molecule has 3 heteroatoms. The lowest BCUT2D eigenvalue weighted by Gasteiger charge is -2.00. The van der Waals surface area contributed by atoms with Gasteiger partial charge in [-0.3, -0.25) is 0 Å². The fourth-order valence-corrected chi connectivity index (χ4v) is 0.809. The molecule has 0 radical (unpaired) electrons. The minimum absolute atomic E-state index is 0.126. The number of nitriles is 1. The van der Waals surface area contributed by atoms with Gasteiger partial charge in [0.15, 0.2) is 0 Å². The fraction of sp³-hybridized carbons (Fsp3) is 0.125. The van der Waals surface area contributed by atoms with Crippen molar-refractivity contribution in [3.63, 3.8) is 0 Å². The Kier molecular flexibility index (Phi) is 1.69. The SMILES string of the molecule is Cc1cc(C#N)c(N)cc1O. The number of nitrogens with two attached hydrogens (primary N) is 1. The number of anilines is 1. The van der Waals surface area contributed by atoms with Crippen LogP contribution in [0, 0.1) is 18.3 Å². The maximum absolute atomic E-state index is 9.13. The van der Waals surface area contributed by atoms with Crippen molar-refractivity contribution in [1.82, 2.24) is 0 Å². The van der Waals surface area contributed by atoms with Crippen molar-refractivity contribution in [2.45, 2.75) is 6.92 Å². The molecule has 1 aromatic rings. The van der Waals surface area contributed by atoms with E-state index in [-0.39, 0.29) is 5.75 Å². The van der Waals surface area contributed by atoms with Gasteiger partial charge in [-0.1, -0.05) is 0 Å². The van der Waals surface area contributed by atoms with Crippen LogP contribution in [-0.2, 0) is 0 Å². The predicted molar refractivity (Wildman–Crippen MR) is 42.0 cm³/mol. The van der Waals surface area contributed by atoms with Crippen LogP contribution in [0.25, 0.3) is 0 Å². The summed E-state index contributed by atoms with van der Waals surface area (Å²) >= 11 is 0. The lowest BCUT2D eigenvalue weighted by molar-refractivity contribution is 0.471.